The van der Waals surface area contributed by atoms with Crippen molar-refractivity contribution in [3.63, 3.8) is 0 Å². The number of carbonyl (C=O) groups is 1. The normalized spacial score (nSPS) is 12.2. The van der Waals surface area contributed by atoms with E-state index in [-0.39, 0.29) is 6.09 Å². The Bertz CT molecular complexity index is 458. The standard InChI is InChI=1S/C12H16NO2.3CH3.Sn/c1-12(2,3)15-11(14)13(4)10-8-6-5-7-9-10;;;;/h5-8H,1-4H3;3*1H3;. The van der Waals surface area contributed by atoms with Gasteiger partial charge in [0, 0.05) is 0 Å². The summed E-state index contributed by atoms with van der Waals surface area (Å²) in [4.78, 5) is 20.8. The molecule has 19 heavy (non-hydrogen) atoms. The fourth-order valence-electron chi connectivity index (χ4n) is 1.83. The Morgan fingerprint density at radius 2 is 1.68 bits per heavy atom. The second-order valence-corrected chi connectivity index (χ2v) is 21.2. The molecule has 0 aliphatic rings. The molecule has 0 aliphatic carbocycles. The number of nitrogens with zero attached hydrogens (tertiary/aromatic N) is 1. The van der Waals surface area contributed by atoms with Crippen LogP contribution in [-0.2, 0) is 4.74 Å². The van der Waals surface area contributed by atoms with Gasteiger partial charge in [0.05, 0.1) is 0 Å². The van der Waals surface area contributed by atoms with Crippen LogP contribution in [-0.4, -0.2) is 37.1 Å². The predicted octanol–water partition coefficient (Wildman–Crippen LogP) is 3.60. The van der Waals surface area contributed by atoms with E-state index in [9.17, 15) is 4.79 Å². The number of carbonyl (C=O) groups excluding carboxylic acids is 1. The van der Waals surface area contributed by atoms with Crippen molar-refractivity contribution in [1.82, 2.24) is 0 Å². The van der Waals surface area contributed by atoms with E-state index in [0.717, 1.165) is 5.69 Å². The molecule has 0 atom stereocenters. The molecule has 0 N–H and O–H groups in total. The SMILES string of the molecule is CN(C(=O)OC(C)(C)C)c1cccc[c]1[Sn]([CH3])([CH3])[CH3]. The topological polar surface area (TPSA) is 29.5 Å². The molecule has 4 heteroatoms. The van der Waals surface area contributed by atoms with Gasteiger partial charge in [0.25, 0.3) is 0 Å². The van der Waals surface area contributed by atoms with E-state index in [0.29, 0.717) is 0 Å². The van der Waals surface area contributed by atoms with Crippen molar-refractivity contribution in [2.45, 2.75) is 41.2 Å². The molecule has 0 heterocycles. The van der Waals surface area contributed by atoms with Gasteiger partial charge in [-0.1, -0.05) is 0 Å². The van der Waals surface area contributed by atoms with Crippen LogP contribution in [0.15, 0.2) is 24.3 Å². The van der Waals surface area contributed by atoms with E-state index in [1.807, 2.05) is 39.0 Å². The third-order valence-electron chi connectivity index (χ3n) is 2.74. The third kappa shape index (κ3) is 4.71. The fourth-order valence-corrected chi connectivity index (χ4v) is 6.44. The average molecular weight is 370 g/mol. The van der Waals surface area contributed by atoms with Crippen molar-refractivity contribution in [3.8, 4) is 0 Å². The second-order valence-electron chi connectivity index (χ2n) is 6.81. The van der Waals surface area contributed by atoms with E-state index in [1.54, 1.807) is 11.9 Å². The molecule has 1 aromatic carbocycles. The monoisotopic (exact) mass is 371 g/mol. The molecule has 1 amide bonds. The van der Waals surface area contributed by atoms with Gasteiger partial charge >= 0.3 is 121 Å². The van der Waals surface area contributed by atoms with Crippen molar-refractivity contribution in [3.05, 3.63) is 24.3 Å². The van der Waals surface area contributed by atoms with Crippen molar-refractivity contribution in [2.75, 3.05) is 11.9 Å². The van der Waals surface area contributed by atoms with Gasteiger partial charge < -0.3 is 0 Å². The maximum absolute atomic E-state index is 12.2. The van der Waals surface area contributed by atoms with E-state index >= 15 is 0 Å². The molecule has 0 saturated heterocycles. The minimum absolute atomic E-state index is 0.296. The van der Waals surface area contributed by atoms with Gasteiger partial charge in [-0.3, -0.25) is 0 Å². The molecule has 0 spiro atoms. The van der Waals surface area contributed by atoms with E-state index in [1.165, 1.54) is 3.58 Å². The fraction of sp³-hybridized carbons (Fsp3) is 0.533. The first-order valence-electron chi connectivity index (χ1n) is 6.58. The van der Waals surface area contributed by atoms with Gasteiger partial charge in [-0.2, -0.15) is 0 Å². The number of rotatable bonds is 2. The zero-order chi connectivity index (χ0) is 14.8. The van der Waals surface area contributed by atoms with Crippen LogP contribution in [0.1, 0.15) is 20.8 Å². The second kappa shape index (κ2) is 5.73. The van der Waals surface area contributed by atoms with Crippen LogP contribution in [0.3, 0.4) is 0 Å². The van der Waals surface area contributed by atoms with Gasteiger partial charge in [0.15, 0.2) is 0 Å². The number of amides is 1. The molecule has 0 aliphatic heterocycles. The van der Waals surface area contributed by atoms with Crippen molar-refractivity contribution in [2.24, 2.45) is 0 Å². The third-order valence-corrected chi connectivity index (χ3v) is 8.56. The Morgan fingerprint density at radius 1 is 1.16 bits per heavy atom. The summed E-state index contributed by atoms with van der Waals surface area (Å²) in [5.74, 6) is 0. The number of hydrogen-bond donors (Lipinski definition) is 0. The van der Waals surface area contributed by atoms with Crippen LogP contribution in [0.5, 0.6) is 0 Å². The number of ether oxygens (including phenoxy) is 1. The summed E-state index contributed by atoms with van der Waals surface area (Å²) in [6, 6.07) is 8.16. The molecular weight excluding hydrogens is 345 g/mol. The zero-order valence-electron chi connectivity index (χ0n) is 13.1. The van der Waals surface area contributed by atoms with Crippen molar-refractivity contribution in [1.29, 1.82) is 0 Å². The Kier molecular flexibility index (Phi) is 4.93. The molecule has 0 bridgehead atoms. The molecule has 106 valence electrons. The quantitative estimate of drug-likeness (QED) is 0.745. The number of benzene rings is 1. The Balaban J connectivity index is 3.07. The van der Waals surface area contributed by atoms with Crippen LogP contribution >= 0.6 is 0 Å². The molecule has 0 aromatic heterocycles. The van der Waals surface area contributed by atoms with Crippen LogP contribution in [0.4, 0.5) is 10.5 Å². The van der Waals surface area contributed by atoms with E-state index in [2.05, 4.69) is 20.9 Å². The Hall–Kier alpha value is -0.711. The van der Waals surface area contributed by atoms with Crippen LogP contribution in [0.25, 0.3) is 0 Å². The summed E-state index contributed by atoms with van der Waals surface area (Å²) in [5.41, 5.74) is 0.519. The van der Waals surface area contributed by atoms with E-state index < -0.39 is 24.0 Å². The summed E-state index contributed by atoms with van der Waals surface area (Å²) in [6.07, 6.45) is -0.296. The van der Waals surface area contributed by atoms with E-state index in [4.69, 9.17) is 4.74 Å². The first-order chi connectivity index (χ1) is 8.52. The average Bonchev–Trinajstić information content (AvgIpc) is 2.24. The molecular formula is C15H25NO2Sn. The van der Waals surface area contributed by atoms with Gasteiger partial charge in [0.1, 0.15) is 0 Å². The molecule has 0 unspecified atom stereocenters. The van der Waals surface area contributed by atoms with Gasteiger partial charge in [-0.05, 0) is 0 Å². The maximum atomic E-state index is 12.2. The zero-order valence-corrected chi connectivity index (χ0v) is 15.9. The van der Waals surface area contributed by atoms with Gasteiger partial charge in [0.2, 0.25) is 0 Å². The van der Waals surface area contributed by atoms with Crippen LogP contribution in [0.2, 0.25) is 14.8 Å². The summed E-state index contributed by atoms with van der Waals surface area (Å²) >= 11 is -2.25. The van der Waals surface area contributed by atoms with Gasteiger partial charge in [-0.15, -0.1) is 0 Å². The molecule has 0 fully saturated rings. The summed E-state index contributed by atoms with van der Waals surface area (Å²) in [5, 5.41) is 0. The number of hydrogen-bond acceptors (Lipinski definition) is 2. The van der Waals surface area contributed by atoms with Crippen molar-refractivity contribution >= 4 is 33.7 Å². The van der Waals surface area contributed by atoms with Crippen molar-refractivity contribution < 1.29 is 9.53 Å². The molecule has 0 radical (unpaired) electrons. The Labute approximate surface area is 120 Å². The minimum atomic E-state index is -2.25. The summed E-state index contributed by atoms with van der Waals surface area (Å²) in [7, 11) is 1.78. The number of para-hydroxylation sites is 1. The molecule has 1 rings (SSSR count). The first kappa shape index (κ1) is 16.3. The number of anilines is 1. The first-order valence-corrected chi connectivity index (χ1v) is 16.6. The molecule has 3 nitrogen and oxygen atoms in total. The Morgan fingerprint density at radius 3 is 2.16 bits per heavy atom. The molecule has 0 saturated carbocycles. The predicted molar refractivity (Wildman–Crippen MR) is 84.1 cm³/mol. The summed E-state index contributed by atoms with van der Waals surface area (Å²) < 4.78 is 6.77. The van der Waals surface area contributed by atoms with Crippen LogP contribution in [0, 0.1) is 0 Å². The van der Waals surface area contributed by atoms with Crippen LogP contribution < -0.4 is 8.48 Å². The van der Waals surface area contributed by atoms with Gasteiger partial charge in [-0.25, -0.2) is 0 Å². The summed E-state index contributed by atoms with van der Waals surface area (Å²) in [6.45, 7) is 5.65. The molecule has 1 aromatic rings.